The van der Waals surface area contributed by atoms with E-state index in [-0.39, 0.29) is 4.47 Å². The number of aliphatic hydroxyl groups is 2. The first-order valence-corrected chi connectivity index (χ1v) is 7.80. The largest absolute Gasteiger partial charge is 0.444 e. The highest BCUT2D eigenvalue weighted by Gasteiger charge is 2.36. The molecule has 1 aromatic carbocycles. The maximum atomic E-state index is 13.0. The van der Waals surface area contributed by atoms with E-state index in [4.69, 9.17) is 4.74 Å². The van der Waals surface area contributed by atoms with E-state index in [1.165, 1.54) is 6.07 Å². The lowest BCUT2D eigenvalue weighted by Gasteiger charge is -2.24. The second kappa shape index (κ2) is 7.71. The summed E-state index contributed by atoms with van der Waals surface area (Å²) < 4.78 is 44.3. The number of ether oxygens (including phenoxy) is 1. The van der Waals surface area contributed by atoms with E-state index in [1.807, 2.05) is 0 Å². The maximum Gasteiger partial charge on any atom is 0.416 e. The van der Waals surface area contributed by atoms with Crippen molar-refractivity contribution in [3.8, 4) is 0 Å². The number of nitrogens with one attached hydrogen (secondary N) is 1. The summed E-state index contributed by atoms with van der Waals surface area (Å²) in [5, 5.41) is 22.1. The van der Waals surface area contributed by atoms with Gasteiger partial charge in [-0.25, -0.2) is 4.79 Å². The lowest BCUT2D eigenvalue weighted by Crippen LogP contribution is -2.39. The topological polar surface area (TPSA) is 78.8 Å². The van der Waals surface area contributed by atoms with Crippen LogP contribution in [0.15, 0.2) is 22.7 Å². The highest BCUT2D eigenvalue weighted by Crippen LogP contribution is 2.37. The summed E-state index contributed by atoms with van der Waals surface area (Å²) in [6.07, 6.45) is -9.01. The van der Waals surface area contributed by atoms with E-state index in [2.05, 4.69) is 21.2 Å². The molecule has 1 aromatic rings. The van der Waals surface area contributed by atoms with Gasteiger partial charge in [0.15, 0.2) is 0 Å². The lowest BCUT2D eigenvalue weighted by atomic mass is 9.98. The number of carbonyl (C=O) groups excluding carboxylic acids is 1. The van der Waals surface area contributed by atoms with Gasteiger partial charge in [0, 0.05) is 11.0 Å². The number of hydrogen-bond donors (Lipinski definition) is 3. The molecule has 2 unspecified atom stereocenters. The molecule has 0 aliphatic heterocycles. The van der Waals surface area contributed by atoms with Gasteiger partial charge in [-0.15, -0.1) is 0 Å². The molecular weight excluding hydrogens is 395 g/mol. The summed E-state index contributed by atoms with van der Waals surface area (Å²) >= 11 is 2.93. The third-order valence-corrected chi connectivity index (χ3v) is 3.35. The van der Waals surface area contributed by atoms with Gasteiger partial charge in [0.1, 0.15) is 17.8 Å². The first-order valence-electron chi connectivity index (χ1n) is 7.01. The fraction of sp³-hybridized carbons (Fsp3) is 0.533. The molecule has 0 bridgehead atoms. The van der Waals surface area contributed by atoms with Gasteiger partial charge in [-0.2, -0.15) is 13.2 Å². The number of carbonyl (C=O) groups is 1. The molecule has 5 nitrogen and oxygen atoms in total. The Morgan fingerprint density at radius 1 is 1.29 bits per heavy atom. The average molecular weight is 414 g/mol. The first kappa shape index (κ1) is 20.7. The second-order valence-corrected chi connectivity index (χ2v) is 7.04. The van der Waals surface area contributed by atoms with Gasteiger partial charge in [-0.1, -0.05) is 22.0 Å². The summed E-state index contributed by atoms with van der Waals surface area (Å²) in [6, 6.07) is 3.20. The van der Waals surface area contributed by atoms with E-state index < -0.39 is 47.8 Å². The summed E-state index contributed by atoms with van der Waals surface area (Å²) in [6.45, 7) is 4.43. The van der Waals surface area contributed by atoms with Gasteiger partial charge in [0.2, 0.25) is 0 Å². The molecule has 1 rings (SSSR count). The summed E-state index contributed by atoms with van der Waals surface area (Å²) in [4.78, 5) is 11.5. The molecule has 0 fully saturated rings. The molecule has 136 valence electrons. The molecule has 0 heterocycles. The van der Waals surface area contributed by atoms with Gasteiger partial charge >= 0.3 is 12.3 Å². The number of amides is 1. The van der Waals surface area contributed by atoms with Crippen LogP contribution >= 0.6 is 15.9 Å². The Kier molecular flexibility index (Phi) is 6.66. The number of rotatable bonds is 4. The van der Waals surface area contributed by atoms with Crippen LogP contribution in [0.5, 0.6) is 0 Å². The van der Waals surface area contributed by atoms with Crippen LogP contribution in [0.2, 0.25) is 0 Å². The van der Waals surface area contributed by atoms with Crippen molar-refractivity contribution in [3.63, 3.8) is 0 Å². The maximum absolute atomic E-state index is 13.0. The summed E-state index contributed by atoms with van der Waals surface area (Å²) in [5.74, 6) is 0. The highest BCUT2D eigenvalue weighted by molar-refractivity contribution is 9.10. The number of alkyl carbamates (subject to hydrolysis) is 1. The Balaban J connectivity index is 2.83. The quantitative estimate of drug-likeness (QED) is 0.706. The minimum Gasteiger partial charge on any atom is -0.444 e. The molecule has 0 aliphatic rings. The fourth-order valence-corrected chi connectivity index (χ4v) is 2.21. The van der Waals surface area contributed by atoms with Crippen molar-refractivity contribution in [2.75, 3.05) is 6.54 Å². The molecule has 0 saturated heterocycles. The zero-order valence-electron chi connectivity index (χ0n) is 13.3. The molecular formula is C15H19BrF3NO4. The van der Waals surface area contributed by atoms with Crippen LogP contribution in [0.4, 0.5) is 18.0 Å². The van der Waals surface area contributed by atoms with Gasteiger partial charge < -0.3 is 20.3 Å². The second-order valence-electron chi connectivity index (χ2n) is 6.12. The van der Waals surface area contributed by atoms with Crippen molar-refractivity contribution in [2.45, 2.75) is 44.8 Å². The van der Waals surface area contributed by atoms with Crippen LogP contribution in [-0.4, -0.2) is 34.6 Å². The average Bonchev–Trinajstić information content (AvgIpc) is 2.41. The number of aliphatic hydroxyl groups excluding tert-OH is 2. The molecule has 0 spiro atoms. The van der Waals surface area contributed by atoms with Crippen molar-refractivity contribution < 1.29 is 32.9 Å². The van der Waals surface area contributed by atoms with E-state index in [0.717, 1.165) is 12.1 Å². The minimum atomic E-state index is -4.70. The number of alkyl halides is 3. The number of halogens is 4. The molecule has 0 aliphatic carbocycles. The van der Waals surface area contributed by atoms with Gasteiger partial charge in [0.25, 0.3) is 0 Å². The molecule has 9 heteroatoms. The molecule has 0 radical (unpaired) electrons. The molecule has 1 amide bonds. The van der Waals surface area contributed by atoms with Crippen LogP contribution < -0.4 is 5.32 Å². The minimum absolute atomic E-state index is 0.187. The Hall–Kier alpha value is -1.32. The predicted octanol–water partition coefficient (Wildman–Crippen LogP) is 3.39. The lowest BCUT2D eigenvalue weighted by molar-refractivity contribution is -0.140. The van der Waals surface area contributed by atoms with Crippen LogP contribution in [0, 0.1) is 0 Å². The summed E-state index contributed by atoms with van der Waals surface area (Å²) in [5.41, 5.74) is -2.31. The summed E-state index contributed by atoms with van der Waals surface area (Å²) in [7, 11) is 0. The predicted molar refractivity (Wildman–Crippen MR) is 84.3 cm³/mol. The Labute approximate surface area is 145 Å². The van der Waals surface area contributed by atoms with Crippen molar-refractivity contribution in [1.82, 2.24) is 5.32 Å². The van der Waals surface area contributed by atoms with Gasteiger partial charge in [-0.3, -0.25) is 0 Å². The first-order chi connectivity index (χ1) is 10.8. The number of benzene rings is 1. The van der Waals surface area contributed by atoms with Crippen molar-refractivity contribution in [2.24, 2.45) is 0 Å². The van der Waals surface area contributed by atoms with E-state index >= 15 is 0 Å². The monoisotopic (exact) mass is 413 g/mol. The standard InChI is InChI=1S/C15H19BrF3NO4/c1-14(2,3)24-13(23)20-7-11(21)12(22)9-5-4-8(16)6-10(9)15(17,18)19/h4-6,11-12,21-22H,7H2,1-3H3,(H,20,23). The van der Waals surface area contributed by atoms with Crippen LogP contribution in [-0.2, 0) is 10.9 Å². The zero-order chi connectivity index (χ0) is 18.7. The SMILES string of the molecule is CC(C)(C)OC(=O)NCC(O)C(O)c1ccc(Br)cc1C(F)(F)F. The van der Waals surface area contributed by atoms with Crippen LogP contribution in [0.3, 0.4) is 0 Å². The fourth-order valence-electron chi connectivity index (χ4n) is 1.85. The number of hydrogen-bond acceptors (Lipinski definition) is 4. The Morgan fingerprint density at radius 3 is 2.38 bits per heavy atom. The highest BCUT2D eigenvalue weighted by atomic mass is 79.9. The third-order valence-electron chi connectivity index (χ3n) is 2.86. The third kappa shape index (κ3) is 6.29. The Morgan fingerprint density at radius 2 is 1.88 bits per heavy atom. The van der Waals surface area contributed by atoms with Gasteiger partial charge in [0.05, 0.1) is 5.56 Å². The van der Waals surface area contributed by atoms with E-state index in [0.29, 0.717) is 0 Å². The normalized spacial score (nSPS) is 14.9. The van der Waals surface area contributed by atoms with Crippen molar-refractivity contribution in [1.29, 1.82) is 0 Å². The van der Waals surface area contributed by atoms with Crippen molar-refractivity contribution in [3.05, 3.63) is 33.8 Å². The van der Waals surface area contributed by atoms with Gasteiger partial charge in [-0.05, 0) is 38.5 Å². The van der Waals surface area contributed by atoms with Crippen LogP contribution in [0.25, 0.3) is 0 Å². The molecule has 24 heavy (non-hydrogen) atoms. The molecule has 0 saturated carbocycles. The molecule has 0 aromatic heterocycles. The smallest absolute Gasteiger partial charge is 0.416 e. The Bertz CT molecular complexity index is 587. The van der Waals surface area contributed by atoms with E-state index in [1.54, 1.807) is 20.8 Å². The zero-order valence-corrected chi connectivity index (χ0v) is 14.9. The van der Waals surface area contributed by atoms with Crippen molar-refractivity contribution >= 4 is 22.0 Å². The molecule has 2 atom stereocenters. The van der Waals surface area contributed by atoms with E-state index in [9.17, 15) is 28.2 Å². The van der Waals surface area contributed by atoms with Crippen LogP contribution in [0.1, 0.15) is 38.0 Å². The molecule has 3 N–H and O–H groups in total.